The van der Waals surface area contributed by atoms with Crippen LogP contribution in [0, 0.1) is 0 Å². The van der Waals surface area contributed by atoms with Gasteiger partial charge >= 0.3 is 0 Å². The lowest BCUT2D eigenvalue weighted by atomic mass is 10.1. The molecule has 0 spiro atoms. The molecule has 2 rings (SSSR count). The molecule has 0 amide bonds. The predicted molar refractivity (Wildman–Crippen MR) is 87.6 cm³/mol. The number of nitrogens with zero attached hydrogens (tertiary/aromatic N) is 4. The van der Waals surface area contributed by atoms with Gasteiger partial charge in [-0.05, 0) is 32.1 Å². The largest absolute Gasteiger partial charge is 0.351 e. The minimum atomic E-state index is 0.587. The molecule has 0 aliphatic rings. The van der Waals surface area contributed by atoms with Crippen LogP contribution in [-0.2, 0) is 13.1 Å². The highest BCUT2D eigenvalue weighted by atomic mass is 35.5. The van der Waals surface area contributed by atoms with Gasteiger partial charge < -0.3 is 9.80 Å². The maximum Gasteiger partial charge on any atom is 0.151 e. The van der Waals surface area contributed by atoms with Gasteiger partial charge in [0.2, 0.25) is 0 Å². The molecule has 0 N–H and O–H groups in total. The van der Waals surface area contributed by atoms with Crippen LogP contribution in [0.2, 0.25) is 5.02 Å². The lowest BCUT2D eigenvalue weighted by molar-refractivity contribution is 0.402. The van der Waals surface area contributed by atoms with Crippen molar-refractivity contribution in [3.05, 3.63) is 52.9 Å². The Morgan fingerprint density at radius 3 is 2.19 bits per heavy atom. The van der Waals surface area contributed by atoms with E-state index >= 15 is 0 Å². The second-order valence-corrected chi connectivity index (χ2v) is 5.67. The third kappa shape index (κ3) is 4.41. The Balaban J connectivity index is 2.10. The van der Waals surface area contributed by atoms with Crippen LogP contribution in [-0.4, -0.2) is 35.5 Å². The van der Waals surface area contributed by atoms with Crippen LogP contribution in [0.4, 0.5) is 5.82 Å². The molecule has 0 aliphatic carbocycles. The standard InChI is InChI=1S/C16H21ClN4/c1-4-21(16-15(17)9-18-12-19-16)11-14-7-5-13(6-8-14)10-20(2)3/h5-9,12H,4,10-11H2,1-3H3. The van der Waals surface area contributed by atoms with E-state index in [0.717, 1.165) is 25.5 Å². The van der Waals surface area contributed by atoms with Crippen LogP contribution in [0.5, 0.6) is 0 Å². The average Bonchev–Trinajstić information content (AvgIpc) is 2.47. The van der Waals surface area contributed by atoms with E-state index in [1.54, 1.807) is 6.20 Å². The summed E-state index contributed by atoms with van der Waals surface area (Å²) < 4.78 is 0. The Morgan fingerprint density at radius 2 is 1.67 bits per heavy atom. The molecule has 0 bridgehead atoms. The van der Waals surface area contributed by atoms with Gasteiger partial charge in [-0.2, -0.15) is 0 Å². The van der Waals surface area contributed by atoms with Crippen molar-refractivity contribution in [2.24, 2.45) is 0 Å². The van der Waals surface area contributed by atoms with Crippen LogP contribution >= 0.6 is 11.6 Å². The summed E-state index contributed by atoms with van der Waals surface area (Å²) in [6.45, 7) is 4.68. The van der Waals surface area contributed by atoms with Crippen molar-refractivity contribution in [1.29, 1.82) is 0 Å². The van der Waals surface area contributed by atoms with Crippen molar-refractivity contribution in [2.75, 3.05) is 25.5 Å². The molecule has 2 aromatic rings. The molecule has 0 radical (unpaired) electrons. The maximum atomic E-state index is 6.17. The van der Waals surface area contributed by atoms with Crippen LogP contribution in [0.3, 0.4) is 0 Å². The lowest BCUT2D eigenvalue weighted by Crippen LogP contribution is -2.23. The summed E-state index contributed by atoms with van der Waals surface area (Å²) in [7, 11) is 4.15. The van der Waals surface area contributed by atoms with Crippen molar-refractivity contribution >= 4 is 17.4 Å². The Bertz CT molecular complexity index is 569. The van der Waals surface area contributed by atoms with Crippen molar-refractivity contribution in [3.63, 3.8) is 0 Å². The summed E-state index contributed by atoms with van der Waals surface area (Å²) in [5.74, 6) is 0.784. The van der Waals surface area contributed by atoms with Gasteiger partial charge in [-0.3, -0.25) is 0 Å². The first-order valence-corrected chi connectivity index (χ1v) is 7.41. The highest BCUT2D eigenvalue weighted by Crippen LogP contribution is 2.23. The number of hydrogen-bond donors (Lipinski definition) is 0. The highest BCUT2D eigenvalue weighted by molar-refractivity contribution is 6.32. The smallest absolute Gasteiger partial charge is 0.151 e. The maximum absolute atomic E-state index is 6.17. The number of rotatable bonds is 6. The molecule has 112 valence electrons. The summed E-state index contributed by atoms with van der Waals surface area (Å²) in [5.41, 5.74) is 2.56. The van der Waals surface area contributed by atoms with Crippen molar-refractivity contribution in [1.82, 2.24) is 14.9 Å². The monoisotopic (exact) mass is 304 g/mol. The Hall–Kier alpha value is -1.65. The van der Waals surface area contributed by atoms with E-state index < -0.39 is 0 Å². The van der Waals surface area contributed by atoms with Crippen LogP contribution < -0.4 is 4.90 Å². The molecule has 0 fully saturated rings. The number of hydrogen-bond acceptors (Lipinski definition) is 4. The van der Waals surface area contributed by atoms with E-state index in [2.05, 4.69) is 65.1 Å². The fourth-order valence-electron chi connectivity index (χ4n) is 2.21. The molecule has 4 nitrogen and oxygen atoms in total. The highest BCUT2D eigenvalue weighted by Gasteiger charge is 2.10. The molecule has 0 aliphatic heterocycles. The molecule has 1 aromatic carbocycles. The fraction of sp³-hybridized carbons (Fsp3) is 0.375. The van der Waals surface area contributed by atoms with Gasteiger partial charge in [0.15, 0.2) is 5.82 Å². The first kappa shape index (κ1) is 15.7. The second kappa shape index (κ2) is 7.38. The summed E-state index contributed by atoms with van der Waals surface area (Å²) in [6, 6.07) is 8.67. The first-order valence-electron chi connectivity index (χ1n) is 7.03. The van der Waals surface area contributed by atoms with Gasteiger partial charge in [0.05, 0.1) is 6.20 Å². The number of halogens is 1. The summed E-state index contributed by atoms with van der Waals surface area (Å²) in [6.07, 6.45) is 3.16. The SMILES string of the molecule is CCN(Cc1ccc(CN(C)C)cc1)c1ncncc1Cl. The molecule has 0 saturated carbocycles. The van der Waals surface area contributed by atoms with Gasteiger partial charge in [-0.1, -0.05) is 35.9 Å². The molecule has 1 aromatic heterocycles. The van der Waals surface area contributed by atoms with Gasteiger partial charge in [0, 0.05) is 19.6 Å². The van der Waals surface area contributed by atoms with Crippen molar-refractivity contribution < 1.29 is 0 Å². The van der Waals surface area contributed by atoms with E-state index in [0.29, 0.717) is 5.02 Å². The summed E-state index contributed by atoms with van der Waals surface area (Å²) in [4.78, 5) is 12.5. The Labute approximate surface area is 131 Å². The zero-order valence-electron chi connectivity index (χ0n) is 12.8. The van der Waals surface area contributed by atoms with Gasteiger partial charge in [-0.15, -0.1) is 0 Å². The second-order valence-electron chi connectivity index (χ2n) is 5.26. The number of anilines is 1. The zero-order valence-corrected chi connectivity index (χ0v) is 13.5. The first-order chi connectivity index (χ1) is 10.1. The van der Waals surface area contributed by atoms with Crippen molar-refractivity contribution in [3.8, 4) is 0 Å². The van der Waals surface area contributed by atoms with E-state index in [-0.39, 0.29) is 0 Å². The van der Waals surface area contributed by atoms with Crippen LogP contribution in [0.15, 0.2) is 36.8 Å². The predicted octanol–water partition coefficient (Wildman–Crippen LogP) is 3.22. The summed E-state index contributed by atoms with van der Waals surface area (Å²) in [5, 5.41) is 0.587. The minimum absolute atomic E-state index is 0.587. The van der Waals surface area contributed by atoms with Gasteiger partial charge in [0.1, 0.15) is 11.3 Å². The molecular weight excluding hydrogens is 284 g/mol. The molecule has 0 atom stereocenters. The fourth-order valence-corrected chi connectivity index (χ4v) is 2.44. The Kier molecular flexibility index (Phi) is 5.53. The Morgan fingerprint density at radius 1 is 1.05 bits per heavy atom. The van der Waals surface area contributed by atoms with Crippen molar-refractivity contribution in [2.45, 2.75) is 20.0 Å². The third-order valence-electron chi connectivity index (χ3n) is 3.22. The number of aromatic nitrogens is 2. The summed E-state index contributed by atoms with van der Waals surface area (Å²) >= 11 is 6.17. The minimum Gasteiger partial charge on any atom is -0.351 e. The van der Waals surface area contributed by atoms with E-state index in [9.17, 15) is 0 Å². The zero-order chi connectivity index (χ0) is 15.2. The normalized spacial score (nSPS) is 10.9. The van der Waals surface area contributed by atoms with Gasteiger partial charge in [0.25, 0.3) is 0 Å². The topological polar surface area (TPSA) is 32.3 Å². The molecular formula is C16H21ClN4. The molecule has 0 unspecified atom stereocenters. The van der Waals surface area contributed by atoms with E-state index in [1.165, 1.54) is 17.5 Å². The molecule has 21 heavy (non-hydrogen) atoms. The molecule has 5 heteroatoms. The molecule has 0 saturated heterocycles. The van der Waals surface area contributed by atoms with Crippen LogP contribution in [0.1, 0.15) is 18.1 Å². The lowest BCUT2D eigenvalue weighted by Gasteiger charge is -2.22. The van der Waals surface area contributed by atoms with Crippen LogP contribution in [0.25, 0.3) is 0 Å². The molecule has 1 heterocycles. The van der Waals surface area contributed by atoms with E-state index in [4.69, 9.17) is 11.6 Å². The average molecular weight is 305 g/mol. The number of benzene rings is 1. The van der Waals surface area contributed by atoms with Gasteiger partial charge in [-0.25, -0.2) is 9.97 Å². The van der Waals surface area contributed by atoms with E-state index in [1.807, 2.05) is 0 Å². The quantitative estimate of drug-likeness (QED) is 0.820. The third-order valence-corrected chi connectivity index (χ3v) is 3.49.